The Morgan fingerprint density at radius 3 is 2.71 bits per heavy atom. The largest absolute Gasteiger partial charge is 0.375 e. The Bertz CT molecular complexity index is 524. The SMILES string of the molecule is Nc1ncc(C(=O)NCc2ccc(Br)cc2)s1. The van der Waals surface area contributed by atoms with Gasteiger partial charge >= 0.3 is 0 Å². The number of nitrogen functional groups attached to an aromatic ring is 1. The van der Waals surface area contributed by atoms with Crippen molar-refractivity contribution in [2.75, 3.05) is 5.73 Å². The van der Waals surface area contributed by atoms with Gasteiger partial charge < -0.3 is 11.1 Å². The molecule has 1 heterocycles. The number of amides is 1. The number of nitrogens with two attached hydrogens (primary N) is 1. The number of hydrogen-bond acceptors (Lipinski definition) is 4. The zero-order chi connectivity index (χ0) is 12.3. The highest BCUT2D eigenvalue weighted by atomic mass is 79.9. The molecule has 0 fully saturated rings. The molecule has 4 nitrogen and oxygen atoms in total. The van der Waals surface area contributed by atoms with Gasteiger partial charge in [-0.25, -0.2) is 4.98 Å². The van der Waals surface area contributed by atoms with E-state index in [9.17, 15) is 4.79 Å². The van der Waals surface area contributed by atoms with Gasteiger partial charge in [-0.15, -0.1) is 0 Å². The first-order chi connectivity index (χ1) is 8.15. The summed E-state index contributed by atoms with van der Waals surface area (Å²) < 4.78 is 1.02. The highest BCUT2D eigenvalue weighted by Gasteiger charge is 2.08. The van der Waals surface area contributed by atoms with E-state index in [1.54, 1.807) is 0 Å². The molecule has 0 bridgehead atoms. The zero-order valence-electron chi connectivity index (χ0n) is 8.81. The van der Waals surface area contributed by atoms with Gasteiger partial charge in [-0.1, -0.05) is 39.4 Å². The maximum atomic E-state index is 11.7. The van der Waals surface area contributed by atoms with Crippen molar-refractivity contribution in [2.24, 2.45) is 0 Å². The van der Waals surface area contributed by atoms with Gasteiger partial charge in [0.05, 0.1) is 6.20 Å². The first-order valence-corrected chi connectivity index (χ1v) is 6.50. The molecule has 2 rings (SSSR count). The lowest BCUT2D eigenvalue weighted by Crippen LogP contribution is -2.21. The molecule has 1 aromatic carbocycles. The standard InChI is InChI=1S/C11H10BrN3OS/c12-8-3-1-7(2-4-8)5-14-10(16)9-6-15-11(13)17-9/h1-4,6H,5H2,(H2,13,15)(H,14,16). The number of benzene rings is 1. The Morgan fingerprint density at radius 1 is 1.41 bits per heavy atom. The highest BCUT2D eigenvalue weighted by molar-refractivity contribution is 9.10. The summed E-state index contributed by atoms with van der Waals surface area (Å²) in [6, 6.07) is 7.77. The van der Waals surface area contributed by atoms with E-state index in [1.165, 1.54) is 17.5 Å². The fourth-order valence-corrected chi connectivity index (χ4v) is 2.13. The number of nitrogens with one attached hydrogen (secondary N) is 1. The van der Waals surface area contributed by atoms with Crippen LogP contribution in [-0.2, 0) is 6.54 Å². The van der Waals surface area contributed by atoms with Crippen molar-refractivity contribution in [2.45, 2.75) is 6.54 Å². The lowest BCUT2D eigenvalue weighted by molar-refractivity contribution is 0.0955. The summed E-state index contributed by atoms with van der Waals surface area (Å²) in [5.41, 5.74) is 6.50. The highest BCUT2D eigenvalue weighted by Crippen LogP contribution is 2.14. The van der Waals surface area contributed by atoms with Crippen molar-refractivity contribution in [3.63, 3.8) is 0 Å². The van der Waals surface area contributed by atoms with Gasteiger partial charge in [-0.05, 0) is 17.7 Å². The van der Waals surface area contributed by atoms with Gasteiger partial charge in [0.15, 0.2) is 5.13 Å². The van der Waals surface area contributed by atoms with Crippen molar-refractivity contribution >= 4 is 38.3 Å². The van der Waals surface area contributed by atoms with Crippen LogP contribution in [0.15, 0.2) is 34.9 Å². The van der Waals surface area contributed by atoms with Gasteiger partial charge in [0, 0.05) is 11.0 Å². The number of halogens is 1. The number of rotatable bonds is 3. The lowest BCUT2D eigenvalue weighted by Gasteiger charge is -2.03. The Balaban J connectivity index is 1.94. The predicted molar refractivity (Wildman–Crippen MR) is 71.8 cm³/mol. The van der Waals surface area contributed by atoms with E-state index in [4.69, 9.17) is 5.73 Å². The molecule has 1 amide bonds. The van der Waals surface area contributed by atoms with E-state index in [2.05, 4.69) is 26.2 Å². The average Bonchev–Trinajstić information content (AvgIpc) is 2.75. The molecule has 17 heavy (non-hydrogen) atoms. The van der Waals surface area contributed by atoms with Crippen molar-refractivity contribution < 1.29 is 4.79 Å². The van der Waals surface area contributed by atoms with Gasteiger partial charge in [0.2, 0.25) is 0 Å². The minimum absolute atomic E-state index is 0.151. The van der Waals surface area contributed by atoms with Crippen LogP contribution in [0.3, 0.4) is 0 Å². The van der Waals surface area contributed by atoms with Crippen LogP contribution in [0, 0.1) is 0 Å². The van der Waals surface area contributed by atoms with Crippen LogP contribution < -0.4 is 11.1 Å². The molecule has 0 unspecified atom stereocenters. The number of hydrogen-bond donors (Lipinski definition) is 2. The topological polar surface area (TPSA) is 68.0 Å². The number of carbonyl (C=O) groups is 1. The van der Waals surface area contributed by atoms with Gasteiger partial charge in [0.25, 0.3) is 5.91 Å². The monoisotopic (exact) mass is 311 g/mol. The van der Waals surface area contributed by atoms with E-state index in [0.717, 1.165) is 10.0 Å². The smallest absolute Gasteiger partial charge is 0.263 e. The summed E-state index contributed by atoms with van der Waals surface area (Å²) in [5, 5.41) is 3.21. The molecule has 0 saturated carbocycles. The molecule has 3 N–H and O–H groups in total. The fraction of sp³-hybridized carbons (Fsp3) is 0.0909. The van der Waals surface area contributed by atoms with Crippen LogP contribution in [0.2, 0.25) is 0 Å². The molecule has 0 spiro atoms. The first-order valence-electron chi connectivity index (χ1n) is 4.89. The molecule has 0 aliphatic heterocycles. The van der Waals surface area contributed by atoms with Crippen LogP contribution >= 0.6 is 27.3 Å². The molecule has 0 aliphatic rings. The number of carbonyl (C=O) groups excluding carboxylic acids is 1. The molecule has 88 valence electrons. The molecule has 0 aliphatic carbocycles. The van der Waals surface area contributed by atoms with Crippen LogP contribution in [0.25, 0.3) is 0 Å². The van der Waals surface area contributed by atoms with E-state index >= 15 is 0 Å². The van der Waals surface area contributed by atoms with E-state index < -0.39 is 0 Å². The minimum atomic E-state index is -0.151. The molecule has 1 aromatic heterocycles. The first kappa shape index (κ1) is 12.1. The molecular formula is C11H10BrN3OS. The van der Waals surface area contributed by atoms with Gasteiger partial charge in [-0.2, -0.15) is 0 Å². The number of anilines is 1. The summed E-state index contributed by atoms with van der Waals surface area (Å²) in [7, 11) is 0. The van der Waals surface area contributed by atoms with Crippen LogP contribution in [-0.4, -0.2) is 10.9 Å². The maximum absolute atomic E-state index is 11.7. The fourth-order valence-electron chi connectivity index (χ4n) is 1.26. The van der Waals surface area contributed by atoms with E-state index in [1.807, 2.05) is 24.3 Å². The second-order valence-electron chi connectivity index (χ2n) is 3.37. The summed E-state index contributed by atoms with van der Waals surface area (Å²) >= 11 is 4.54. The lowest BCUT2D eigenvalue weighted by atomic mass is 10.2. The third kappa shape index (κ3) is 3.28. The van der Waals surface area contributed by atoms with Gasteiger partial charge in [-0.3, -0.25) is 4.79 Å². The van der Waals surface area contributed by atoms with Crippen molar-refractivity contribution in [3.8, 4) is 0 Å². The van der Waals surface area contributed by atoms with Crippen LogP contribution in [0.4, 0.5) is 5.13 Å². The average molecular weight is 312 g/mol. The van der Waals surface area contributed by atoms with Crippen LogP contribution in [0.1, 0.15) is 15.2 Å². The minimum Gasteiger partial charge on any atom is -0.375 e. The third-order valence-electron chi connectivity index (χ3n) is 2.11. The molecule has 0 atom stereocenters. The molecule has 0 saturated heterocycles. The summed E-state index contributed by atoms with van der Waals surface area (Å²) in [6.07, 6.45) is 1.48. The molecule has 2 aromatic rings. The normalized spacial score (nSPS) is 10.2. The second-order valence-corrected chi connectivity index (χ2v) is 5.35. The molecular weight excluding hydrogens is 302 g/mol. The number of aromatic nitrogens is 1. The van der Waals surface area contributed by atoms with Gasteiger partial charge in [0.1, 0.15) is 4.88 Å². The quantitative estimate of drug-likeness (QED) is 0.914. The second kappa shape index (κ2) is 5.29. The Morgan fingerprint density at radius 2 is 2.12 bits per heavy atom. The number of nitrogens with zero attached hydrogens (tertiary/aromatic N) is 1. The van der Waals surface area contributed by atoms with E-state index in [0.29, 0.717) is 16.6 Å². The maximum Gasteiger partial charge on any atom is 0.263 e. The van der Waals surface area contributed by atoms with Crippen molar-refractivity contribution in [1.82, 2.24) is 10.3 Å². The molecule has 0 radical (unpaired) electrons. The Labute approximate surface area is 111 Å². The predicted octanol–water partition coefficient (Wildman–Crippen LogP) is 2.42. The zero-order valence-corrected chi connectivity index (χ0v) is 11.2. The van der Waals surface area contributed by atoms with Crippen molar-refractivity contribution in [1.29, 1.82) is 0 Å². The summed E-state index contributed by atoms with van der Waals surface area (Å²) in [6.45, 7) is 0.490. The van der Waals surface area contributed by atoms with Crippen molar-refractivity contribution in [3.05, 3.63) is 45.4 Å². The third-order valence-corrected chi connectivity index (χ3v) is 3.47. The van der Waals surface area contributed by atoms with Crippen LogP contribution in [0.5, 0.6) is 0 Å². The molecule has 6 heteroatoms. The Kier molecular flexibility index (Phi) is 3.75. The van der Waals surface area contributed by atoms with E-state index in [-0.39, 0.29) is 5.91 Å². The summed E-state index contributed by atoms with van der Waals surface area (Å²) in [5.74, 6) is -0.151. The number of thiazole rings is 1. The summed E-state index contributed by atoms with van der Waals surface area (Å²) in [4.78, 5) is 16.1. The Hall–Kier alpha value is -1.40.